The summed E-state index contributed by atoms with van der Waals surface area (Å²) in [6.07, 6.45) is 4.24. The fourth-order valence-corrected chi connectivity index (χ4v) is 4.06. The molecule has 3 aromatic rings. The summed E-state index contributed by atoms with van der Waals surface area (Å²) in [6, 6.07) is 11.9. The van der Waals surface area contributed by atoms with Crippen LogP contribution >= 0.6 is 11.8 Å². The van der Waals surface area contributed by atoms with Crippen LogP contribution in [0.5, 0.6) is 0 Å². The molecule has 0 saturated carbocycles. The minimum atomic E-state index is -0.299. The Morgan fingerprint density at radius 2 is 1.89 bits per heavy atom. The van der Waals surface area contributed by atoms with E-state index in [-0.39, 0.29) is 11.2 Å². The summed E-state index contributed by atoms with van der Waals surface area (Å²) in [5.41, 5.74) is 3.38. The maximum atomic E-state index is 12.9. The van der Waals surface area contributed by atoms with E-state index in [1.807, 2.05) is 36.1 Å². The molecule has 2 N–H and O–H groups in total. The third-order valence-electron chi connectivity index (χ3n) is 4.68. The van der Waals surface area contributed by atoms with Gasteiger partial charge in [0.2, 0.25) is 11.1 Å². The maximum Gasteiger partial charge on any atom is 0.236 e. The zero-order chi connectivity index (χ0) is 18.8. The second-order valence-electron chi connectivity index (χ2n) is 6.45. The number of carbonyl (C=O) groups is 1. The average molecular weight is 380 g/mol. The van der Waals surface area contributed by atoms with Crippen LogP contribution in [0, 0.1) is 0 Å². The van der Waals surface area contributed by atoms with Gasteiger partial charge >= 0.3 is 0 Å². The van der Waals surface area contributed by atoms with Crippen LogP contribution in [0.25, 0.3) is 11.4 Å². The number of nitrogen functional groups attached to an aromatic ring is 1. The first-order chi connectivity index (χ1) is 13.1. The predicted molar refractivity (Wildman–Crippen MR) is 104 cm³/mol. The predicted octanol–water partition coefficient (Wildman–Crippen LogP) is 2.12. The highest BCUT2D eigenvalue weighted by molar-refractivity contribution is 8.00. The lowest BCUT2D eigenvalue weighted by atomic mass is 10.00. The van der Waals surface area contributed by atoms with Gasteiger partial charge in [0.25, 0.3) is 0 Å². The highest BCUT2D eigenvalue weighted by Gasteiger charge is 2.27. The molecule has 0 aliphatic carbocycles. The van der Waals surface area contributed by atoms with Crippen molar-refractivity contribution in [3.63, 3.8) is 0 Å². The number of rotatable bonds is 4. The molecule has 0 fully saturated rings. The number of thioether (sulfide) groups is 1. The van der Waals surface area contributed by atoms with Crippen LogP contribution in [0.2, 0.25) is 0 Å². The van der Waals surface area contributed by atoms with Gasteiger partial charge in [0.05, 0.1) is 5.25 Å². The number of nitrogens with zero attached hydrogens (tertiary/aromatic N) is 5. The van der Waals surface area contributed by atoms with Crippen LogP contribution in [0.1, 0.15) is 18.1 Å². The summed E-state index contributed by atoms with van der Waals surface area (Å²) in [5.74, 6) is 6.78. The molecule has 0 spiro atoms. The van der Waals surface area contributed by atoms with E-state index in [0.29, 0.717) is 17.5 Å². The normalized spacial score (nSPS) is 14.6. The minimum absolute atomic E-state index is 0.0861. The first kappa shape index (κ1) is 17.5. The summed E-state index contributed by atoms with van der Waals surface area (Å²) in [5, 5.41) is 8.53. The van der Waals surface area contributed by atoms with E-state index in [4.69, 9.17) is 5.84 Å². The molecule has 1 unspecified atom stereocenters. The second kappa shape index (κ2) is 7.40. The molecule has 7 nitrogen and oxygen atoms in total. The van der Waals surface area contributed by atoms with Crippen LogP contribution in [-0.2, 0) is 17.8 Å². The molecular weight excluding hydrogens is 360 g/mol. The second-order valence-corrected chi connectivity index (χ2v) is 7.76. The number of hydrogen-bond acceptors (Lipinski definition) is 6. The zero-order valence-electron chi connectivity index (χ0n) is 14.9. The molecule has 4 rings (SSSR count). The van der Waals surface area contributed by atoms with Crippen LogP contribution < -0.4 is 5.84 Å². The molecule has 0 bridgehead atoms. The Kier molecular flexibility index (Phi) is 4.81. The van der Waals surface area contributed by atoms with E-state index in [2.05, 4.69) is 27.3 Å². The van der Waals surface area contributed by atoms with Crippen molar-refractivity contribution >= 4 is 17.7 Å². The van der Waals surface area contributed by atoms with Crippen LogP contribution in [0.15, 0.2) is 53.9 Å². The topological polar surface area (TPSA) is 89.9 Å². The summed E-state index contributed by atoms with van der Waals surface area (Å²) in [6.45, 7) is 3.27. The maximum absolute atomic E-state index is 12.9. The zero-order valence-corrected chi connectivity index (χ0v) is 15.8. The molecule has 2 aromatic heterocycles. The fraction of sp³-hybridized carbons (Fsp3) is 0.263. The number of carbonyl (C=O) groups excluding carboxylic acids is 1. The van der Waals surface area contributed by atoms with Gasteiger partial charge in [-0.25, -0.2) is 4.68 Å². The Labute approximate surface area is 161 Å². The Hall–Kier alpha value is -2.87. The third kappa shape index (κ3) is 3.52. The summed E-state index contributed by atoms with van der Waals surface area (Å²) >= 11 is 1.33. The van der Waals surface area contributed by atoms with Gasteiger partial charge in [0, 0.05) is 31.0 Å². The summed E-state index contributed by atoms with van der Waals surface area (Å²) < 4.78 is 1.43. The lowest BCUT2D eigenvalue weighted by Crippen LogP contribution is -2.40. The Balaban J connectivity index is 1.46. The van der Waals surface area contributed by atoms with E-state index in [1.54, 1.807) is 12.4 Å². The lowest BCUT2D eigenvalue weighted by molar-refractivity contribution is -0.131. The number of pyridine rings is 1. The van der Waals surface area contributed by atoms with Gasteiger partial charge < -0.3 is 10.7 Å². The monoisotopic (exact) mass is 380 g/mol. The van der Waals surface area contributed by atoms with E-state index in [0.717, 1.165) is 18.5 Å². The molecule has 3 heterocycles. The molecule has 8 heteroatoms. The van der Waals surface area contributed by atoms with Crippen molar-refractivity contribution in [2.24, 2.45) is 0 Å². The Morgan fingerprint density at radius 3 is 2.67 bits per heavy atom. The van der Waals surface area contributed by atoms with Crippen molar-refractivity contribution < 1.29 is 4.79 Å². The number of aromatic nitrogens is 4. The summed E-state index contributed by atoms with van der Waals surface area (Å²) in [4.78, 5) is 18.8. The third-order valence-corrected chi connectivity index (χ3v) is 5.72. The van der Waals surface area contributed by atoms with Crippen molar-refractivity contribution in [1.29, 1.82) is 0 Å². The van der Waals surface area contributed by atoms with Gasteiger partial charge in [-0.2, -0.15) is 0 Å². The molecule has 138 valence electrons. The minimum Gasteiger partial charge on any atom is -0.337 e. The highest BCUT2D eigenvalue weighted by atomic mass is 32.2. The number of hydrogen-bond donors (Lipinski definition) is 1. The van der Waals surface area contributed by atoms with E-state index in [9.17, 15) is 4.79 Å². The first-order valence-corrected chi connectivity index (χ1v) is 9.64. The standard InChI is InChI=1S/C19H20N6OS/c1-13(18(26)24-11-8-14-4-2-3-5-16(14)12-24)27-19-23-22-17(25(19)20)15-6-9-21-10-7-15/h2-7,9-10,13H,8,11-12,20H2,1H3. The molecule has 1 aliphatic heterocycles. The van der Waals surface area contributed by atoms with E-state index >= 15 is 0 Å². The van der Waals surface area contributed by atoms with Crippen LogP contribution in [-0.4, -0.2) is 42.5 Å². The number of amides is 1. The van der Waals surface area contributed by atoms with Gasteiger partial charge in [0.1, 0.15) is 0 Å². The quantitative estimate of drug-likeness (QED) is 0.551. The molecule has 1 amide bonds. The lowest BCUT2D eigenvalue weighted by Gasteiger charge is -2.30. The van der Waals surface area contributed by atoms with Crippen molar-refractivity contribution in [1.82, 2.24) is 24.8 Å². The smallest absolute Gasteiger partial charge is 0.236 e. The number of benzene rings is 1. The SMILES string of the molecule is CC(Sc1nnc(-c2ccncc2)n1N)C(=O)N1CCc2ccccc2C1. The fourth-order valence-electron chi connectivity index (χ4n) is 3.20. The van der Waals surface area contributed by atoms with Gasteiger partial charge in [-0.1, -0.05) is 36.0 Å². The molecule has 1 atom stereocenters. The highest BCUT2D eigenvalue weighted by Crippen LogP contribution is 2.27. The van der Waals surface area contributed by atoms with Crippen molar-refractivity contribution in [3.05, 3.63) is 59.9 Å². The molecule has 1 aliphatic rings. The van der Waals surface area contributed by atoms with Crippen LogP contribution in [0.4, 0.5) is 0 Å². The first-order valence-electron chi connectivity index (χ1n) is 8.76. The van der Waals surface area contributed by atoms with Gasteiger partial charge in [0.15, 0.2) is 5.82 Å². The number of fused-ring (bicyclic) bond motifs is 1. The van der Waals surface area contributed by atoms with Crippen molar-refractivity contribution in [2.75, 3.05) is 12.4 Å². The molecule has 27 heavy (non-hydrogen) atoms. The van der Waals surface area contributed by atoms with Crippen molar-refractivity contribution in [3.8, 4) is 11.4 Å². The van der Waals surface area contributed by atoms with Crippen LogP contribution in [0.3, 0.4) is 0 Å². The van der Waals surface area contributed by atoms with E-state index < -0.39 is 0 Å². The Morgan fingerprint density at radius 1 is 1.15 bits per heavy atom. The molecule has 0 radical (unpaired) electrons. The Bertz CT molecular complexity index is 958. The van der Waals surface area contributed by atoms with Gasteiger partial charge in [-0.3, -0.25) is 9.78 Å². The molecular formula is C19H20N6OS. The summed E-state index contributed by atoms with van der Waals surface area (Å²) in [7, 11) is 0. The van der Waals surface area contributed by atoms with Crippen molar-refractivity contribution in [2.45, 2.75) is 30.3 Å². The largest absolute Gasteiger partial charge is 0.337 e. The van der Waals surface area contributed by atoms with Gasteiger partial charge in [-0.15, -0.1) is 10.2 Å². The van der Waals surface area contributed by atoms with Gasteiger partial charge in [-0.05, 0) is 36.6 Å². The molecule has 0 saturated heterocycles. The molecule has 1 aromatic carbocycles. The number of nitrogens with two attached hydrogens (primary N) is 1. The average Bonchev–Trinajstić information content (AvgIpc) is 3.08. The van der Waals surface area contributed by atoms with E-state index in [1.165, 1.54) is 27.6 Å².